The van der Waals surface area contributed by atoms with Crippen LogP contribution in [0.5, 0.6) is 0 Å². The van der Waals surface area contributed by atoms with Crippen molar-refractivity contribution >= 4 is 17.2 Å². The van der Waals surface area contributed by atoms with Gasteiger partial charge >= 0.3 is 0 Å². The Morgan fingerprint density at radius 1 is 1.62 bits per heavy atom. The minimum atomic E-state index is -0.217. The van der Waals surface area contributed by atoms with Gasteiger partial charge in [-0.1, -0.05) is 0 Å². The number of nitrogens with zero attached hydrogens (tertiary/aromatic N) is 1. The first-order valence-electron chi connectivity index (χ1n) is 4.93. The van der Waals surface area contributed by atoms with Crippen LogP contribution in [0.15, 0.2) is 29.0 Å². The van der Waals surface area contributed by atoms with E-state index in [-0.39, 0.29) is 11.9 Å². The molecule has 0 saturated heterocycles. The Balaban J connectivity index is 2.03. The Morgan fingerprint density at radius 2 is 2.44 bits per heavy atom. The standard InChI is InChI=1S/C11H12N2O2S/c1-7-6-12-11(16-7)8(2)13-10(14)9-4-3-5-15-9/h3-6,8H,1-2H3,(H,13,14). The predicted molar refractivity (Wildman–Crippen MR) is 61.4 cm³/mol. The summed E-state index contributed by atoms with van der Waals surface area (Å²) in [5, 5.41) is 3.73. The van der Waals surface area contributed by atoms with Crippen LogP contribution in [-0.4, -0.2) is 10.9 Å². The topological polar surface area (TPSA) is 55.1 Å². The lowest BCUT2D eigenvalue weighted by Gasteiger charge is -2.09. The number of amides is 1. The van der Waals surface area contributed by atoms with Crippen LogP contribution in [-0.2, 0) is 0 Å². The molecule has 1 N–H and O–H groups in total. The summed E-state index contributed by atoms with van der Waals surface area (Å²) < 4.78 is 5.01. The maximum absolute atomic E-state index is 11.7. The van der Waals surface area contributed by atoms with Crippen molar-refractivity contribution in [2.45, 2.75) is 19.9 Å². The van der Waals surface area contributed by atoms with E-state index in [4.69, 9.17) is 4.42 Å². The first-order valence-corrected chi connectivity index (χ1v) is 5.75. The molecule has 0 aliphatic heterocycles. The SMILES string of the molecule is Cc1cnc(C(C)NC(=O)c2ccco2)s1. The third-order valence-electron chi connectivity index (χ3n) is 2.10. The van der Waals surface area contributed by atoms with Gasteiger partial charge in [-0.25, -0.2) is 4.98 Å². The number of carbonyl (C=O) groups excluding carboxylic acids is 1. The number of aromatic nitrogens is 1. The lowest BCUT2D eigenvalue weighted by Crippen LogP contribution is -2.26. The van der Waals surface area contributed by atoms with Crippen LogP contribution >= 0.6 is 11.3 Å². The first kappa shape index (κ1) is 10.9. The fraction of sp³-hybridized carbons (Fsp3) is 0.273. The van der Waals surface area contributed by atoms with Crippen LogP contribution in [0.4, 0.5) is 0 Å². The molecule has 1 atom stereocenters. The van der Waals surface area contributed by atoms with Crippen LogP contribution in [0, 0.1) is 6.92 Å². The van der Waals surface area contributed by atoms with Gasteiger partial charge in [-0.3, -0.25) is 4.79 Å². The molecule has 0 radical (unpaired) electrons. The number of hydrogen-bond acceptors (Lipinski definition) is 4. The normalized spacial score (nSPS) is 12.4. The molecule has 16 heavy (non-hydrogen) atoms. The molecule has 0 aliphatic rings. The molecular formula is C11H12N2O2S. The zero-order valence-corrected chi connectivity index (χ0v) is 9.88. The van der Waals surface area contributed by atoms with Gasteiger partial charge in [0.05, 0.1) is 12.3 Å². The molecule has 1 amide bonds. The van der Waals surface area contributed by atoms with E-state index in [0.717, 1.165) is 9.88 Å². The number of furan rings is 1. The van der Waals surface area contributed by atoms with Crippen LogP contribution in [0.1, 0.15) is 33.4 Å². The Labute approximate surface area is 97.3 Å². The second kappa shape index (κ2) is 4.49. The summed E-state index contributed by atoms with van der Waals surface area (Å²) in [6, 6.07) is 3.22. The van der Waals surface area contributed by atoms with Crippen LogP contribution in [0.3, 0.4) is 0 Å². The Hall–Kier alpha value is -1.62. The highest BCUT2D eigenvalue weighted by Gasteiger charge is 2.15. The Bertz CT molecular complexity index is 476. The van der Waals surface area contributed by atoms with Crippen molar-refractivity contribution in [1.29, 1.82) is 0 Å². The second-order valence-electron chi connectivity index (χ2n) is 3.48. The summed E-state index contributed by atoms with van der Waals surface area (Å²) in [7, 11) is 0. The monoisotopic (exact) mass is 236 g/mol. The number of aryl methyl sites for hydroxylation is 1. The van der Waals surface area contributed by atoms with Gasteiger partial charge < -0.3 is 9.73 Å². The lowest BCUT2D eigenvalue weighted by molar-refractivity contribution is 0.0912. The van der Waals surface area contributed by atoms with Crippen molar-refractivity contribution in [1.82, 2.24) is 10.3 Å². The maximum atomic E-state index is 11.7. The largest absolute Gasteiger partial charge is 0.459 e. The van der Waals surface area contributed by atoms with E-state index in [9.17, 15) is 4.79 Å². The molecule has 0 bridgehead atoms. The molecule has 0 fully saturated rings. The third-order valence-corrected chi connectivity index (χ3v) is 3.20. The van der Waals surface area contributed by atoms with Crippen molar-refractivity contribution in [2.24, 2.45) is 0 Å². The minimum absolute atomic E-state index is 0.101. The number of rotatable bonds is 3. The summed E-state index contributed by atoms with van der Waals surface area (Å²) in [5.74, 6) is 0.102. The maximum Gasteiger partial charge on any atom is 0.287 e. The highest BCUT2D eigenvalue weighted by atomic mass is 32.1. The van der Waals surface area contributed by atoms with Crippen molar-refractivity contribution in [3.05, 3.63) is 40.2 Å². The van der Waals surface area contributed by atoms with Crippen molar-refractivity contribution in [3.63, 3.8) is 0 Å². The zero-order valence-electron chi connectivity index (χ0n) is 9.06. The highest BCUT2D eigenvalue weighted by Crippen LogP contribution is 2.19. The molecule has 84 valence electrons. The molecule has 0 aliphatic carbocycles. The van der Waals surface area contributed by atoms with Crippen LogP contribution in [0.2, 0.25) is 0 Å². The molecule has 4 nitrogen and oxygen atoms in total. The molecule has 2 heterocycles. The lowest BCUT2D eigenvalue weighted by atomic mass is 10.3. The van der Waals surface area contributed by atoms with E-state index < -0.39 is 0 Å². The Morgan fingerprint density at radius 3 is 3.00 bits per heavy atom. The summed E-state index contributed by atoms with van der Waals surface area (Å²) in [6.45, 7) is 3.89. The average Bonchev–Trinajstić information content (AvgIpc) is 2.87. The molecule has 2 rings (SSSR count). The molecule has 0 spiro atoms. The quantitative estimate of drug-likeness (QED) is 0.891. The molecular weight excluding hydrogens is 224 g/mol. The van der Waals surface area contributed by atoms with Crippen LogP contribution < -0.4 is 5.32 Å². The molecule has 0 saturated carbocycles. The zero-order chi connectivity index (χ0) is 11.5. The van der Waals surface area contributed by atoms with Gasteiger partial charge in [0.15, 0.2) is 5.76 Å². The summed E-state index contributed by atoms with van der Waals surface area (Å²) in [4.78, 5) is 17.0. The van der Waals surface area contributed by atoms with Crippen molar-refractivity contribution in [2.75, 3.05) is 0 Å². The van der Waals surface area contributed by atoms with Crippen LogP contribution in [0.25, 0.3) is 0 Å². The summed E-state index contributed by atoms with van der Waals surface area (Å²) in [5.41, 5.74) is 0. The average molecular weight is 236 g/mol. The Kier molecular flexibility index (Phi) is 3.05. The number of thiazole rings is 1. The van der Waals surface area contributed by atoms with Crippen molar-refractivity contribution in [3.8, 4) is 0 Å². The minimum Gasteiger partial charge on any atom is -0.459 e. The molecule has 2 aromatic rings. The molecule has 0 aromatic carbocycles. The van der Waals surface area contributed by atoms with Gasteiger partial charge in [0.1, 0.15) is 5.01 Å². The van der Waals surface area contributed by atoms with E-state index in [2.05, 4.69) is 10.3 Å². The first-order chi connectivity index (χ1) is 7.66. The van der Waals surface area contributed by atoms with Gasteiger partial charge in [-0.15, -0.1) is 11.3 Å². The van der Waals surface area contributed by atoms with Gasteiger partial charge in [0.2, 0.25) is 0 Å². The van der Waals surface area contributed by atoms with E-state index in [1.807, 2.05) is 13.8 Å². The van der Waals surface area contributed by atoms with Gasteiger partial charge in [0.25, 0.3) is 5.91 Å². The smallest absolute Gasteiger partial charge is 0.287 e. The summed E-state index contributed by atoms with van der Waals surface area (Å²) >= 11 is 1.58. The van der Waals surface area contributed by atoms with Gasteiger partial charge in [-0.05, 0) is 26.0 Å². The van der Waals surface area contributed by atoms with Crippen molar-refractivity contribution < 1.29 is 9.21 Å². The fourth-order valence-electron chi connectivity index (χ4n) is 1.31. The molecule has 1 unspecified atom stereocenters. The third kappa shape index (κ3) is 2.30. The van der Waals surface area contributed by atoms with Gasteiger partial charge in [0, 0.05) is 11.1 Å². The predicted octanol–water partition coefficient (Wildman–Crippen LogP) is 2.54. The van der Waals surface area contributed by atoms with E-state index >= 15 is 0 Å². The van der Waals surface area contributed by atoms with E-state index in [1.165, 1.54) is 6.26 Å². The number of hydrogen-bond donors (Lipinski definition) is 1. The molecule has 2 aromatic heterocycles. The number of carbonyl (C=O) groups is 1. The van der Waals surface area contributed by atoms with Gasteiger partial charge in [-0.2, -0.15) is 0 Å². The van der Waals surface area contributed by atoms with E-state index in [0.29, 0.717) is 5.76 Å². The highest BCUT2D eigenvalue weighted by molar-refractivity contribution is 7.11. The second-order valence-corrected chi connectivity index (χ2v) is 4.75. The fourth-order valence-corrected chi connectivity index (χ4v) is 2.09. The summed E-state index contributed by atoms with van der Waals surface area (Å²) in [6.07, 6.45) is 3.28. The van der Waals surface area contributed by atoms with E-state index in [1.54, 1.807) is 29.7 Å². The molecule has 5 heteroatoms. The number of nitrogens with one attached hydrogen (secondary N) is 1.